The normalized spacial score (nSPS) is 21.3. The Kier molecular flexibility index (Phi) is 6.66. The van der Waals surface area contributed by atoms with Crippen molar-refractivity contribution in [2.75, 3.05) is 7.11 Å². The number of nitrogens with zero attached hydrogens (tertiary/aromatic N) is 2. The maximum Gasteiger partial charge on any atom is 0.400 e. The molecule has 0 saturated carbocycles. The molecule has 2 aliphatic heterocycles. The molecule has 13 heteroatoms. The number of hydrogen-bond donors (Lipinski definition) is 2. The summed E-state index contributed by atoms with van der Waals surface area (Å²) in [5.74, 6) is -5.11. The highest BCUT2D eigenvalue weighted by molar-refractivity contribution is 5.94. The number of aliphatic hydroxyl groups is 1. The van der Waals surface area contributed by atoms with Crippen molar-refractivity contribution in [3.63, 3.8) is 0 Å². The molecule has 2 unspecified atom stereocenters. The Morgan fingerprint density at radius 2 is 1.93 bits per heavy atom. The molecule has 0 saturated heterocycles. The molecule has 0 radical (unpaired) electrons. The lowest BCUT2D eigenvalue weighted by atomic mass is 9.78. The van der Waals surface area contributed by atoms with Crippen LogP contribution in [0, 0.1) is 17.2 Å². The van der Waals surface area contributed by atoms with E-state index in [1.54, 1.807) is 6.92 Å². The summed E-state index contributed by atoms with van der Waals surface area (Å²) >= 11 is 0. The van der Waals surface area contributed by atoms with Crippen LogP contribution in [-0.2, 0) is 39.5 Å². The van der Waals surface area contributed by atoms with Gasteiger partial charge >= 0.3 is 12.1 Å². The quantitative estimate of drug-likeness (QED) is 0.255. The average molecular weight is 618 g/mol. The topological polar surface area (TPSA) is 120 Å². The van der Waals surface area contributed by atoms with Crippen LogP contribution in [0.4, 0.5) is 17.6 Å². The summed E-state index contributed by atoms with van der Waals surface area (Å²) in [4.78, 5) is 44.3. The van der Waals surface area contributed by atoms with Crippen LogP contribution in [0.3, 0.4) is 0 Å². The van der Waals surface area contributed by atoms with Crippen LogP contribution in [0.1, 0.15) is 74.4 Å². The highest BCUT2D eigenvalue weighted by atomic mass is 19.4. The molecule has 0 spiro atoms. The molecule has 4 heterocycles. The van der Waals surface area contributed by atoms with E-state index >= 15 is 4.39 Å². The third-order valence-electron chi connectivity index (χ3n) is 9.03. The molecular weight excluding hydrogens is 586 g/mol. The average Bonchev–Trinajstić information content (AvgIpc) is 3.29. The fourth-order valence-corrected chi connectivity index (χ4v) is 7.02. The van der Waals surface area contributed by atoms with Crippen LogP contribution in [-0.4, -0.2) is 39.8 Å². The van der Waals surface area contributed by atoms with Crippen molar-refractivity contribution >= 4 is 22.8 Å². The van der Waals surface area contributed by atoms with Gasteiger partial charge in [-0.15, -0.1) is 0 Å². The second-order valence-corrected chi connectivity index (χ2v) is 12.7. The molecule has 234 valence electrons. The van der Waals surface area contributed by atoms with Gasteiger partial charge < -0.3 is 24.5 Å². The number of cyclic esters (lactones) is 1. The first-order valence-electron chi connectivity index (χ1n) is 14.3. The van der Waals surface area contributed by atoms with Crippen molar-refractivity contribution in [1.29, 1.82) is 0 Å². The zero-order chi connectivity index (χ0) is 32.1. The van der Waals surface area contributed by atoms with Gasteiger partial charge in [-0.05, 0) is 36.3 Å². The standard InChI is InChI=1S/C31H31F4N3O6/c1-6-30(42)16-9-20-23-14(11-38(20)27(40)15(16)12-44-28(30)41)22-18(37-26(39)25(29(2,3)4)31(33,34)35)8-7-13-21(22)19(36-23)10-17(32)24(13)43-5/h9-10,18,25,42H,6-8,11-12H2,1-5H3,(H,37,39)/t18?,25?,30-/m0/s1. The summed E-state index contributed by atoms with van der Waals surface area (Å²) < 4.78 is 69.5. The van der Waals surface area contributed by atoms with E-state index in [0.29, 0.717) is 22.1 Å². The number of nitrogens with one attached hydrogen (secondary N) is 1. The lowest BCUT2D eigenvalue weighted by Crippen LogP contribution is -2.47. The van der Waals surface area contributed by atoms with E-state index in [-0.39, 0.29) is 66.2 Å². The van der Waals surface area contributed by atoms with Crippen LogP contribution in [0.5, 0.6) is 5.75 Å². The number of methoxy groups -OCH3 is 1. The molecule has 0 bridgehead atoms. The van der Waals surface area contributed by atoms with Gasteiger partial charge in [-0.1, -0.05) is 27.7 Å². The van der Waals surface area contributed by atoms with Gasteiger partial charge in [0, 0.05) is 28.1 Å². The summed E-state index contributed by atoms with van der Waals surface area (Å²) in [6, 6.07) is 1.72. The minimum Gasteiger partial charge on any atom is -0.493 e. The molecule has 3 atom stereocenters. The van der Waals surface area contributed by atoms with Crippen LogP contribution in [0.25, 0.3) is 22.3 Å². The van der Waals surface area contributed by atoms with Crippen molar-refractivity contribution in [2.24, 2.45) is 11.3 Å². The first kappa shape index (κ1) is 30.0. The van der Waals surface area contributed by atoms with Crippen molar-refractivity contribution in [3.05, 3.63) is 56.1 Å². The molecule has 1 aliphatic carbocycles. The predicted octanol–water partition coefficient (Wildman–Crippen LogP) is 4.56. The Labute approximate surface area is 249 Å². The minimum atomic E-state index is -4.81. The highest BCUT2D eigenvalue weighted by Gasteiger charge is 2.52. The van der Waals surface area contributed by atoms with Gasteiger partial charge in [-0.25, -0.2) is 14.2 Å². The Hall–Kier alpha value is -4.00. The van der Waals surface area contributed by atoms with E-state index in [0.717, 1.165) is 6.07 Å². The number of amides is 1. The van der Waals surface area contributed by atoms with Crippen molar-refractivity contribution in [2.45, 2.75) is 77.9 Å². The summed E-state index contributed by atoms with van der Waals surface area (Å²) in [6.07, 6.45) is -4.55. The Morgan fingerprint density at radius 3 is 2.55 bits per heavy atom. The Bertz CT molecular complexity index is 1810. The molecule has 0 fully saturated rings. The number of ether oxygens (including phenoxy) is 2. The van der Waals surface area contributed by atoms with Gasteiger partial charge in [0.25, 0.3) is 5.56 Å². The predicted molar refractivity (Wildman–Crippen MR) is 149 cm³/mol. The largest absolute Gasteiger partial charge is 0.493 e. The number of pyridine rings is 2. The number of carbonyl (C=O) groups excluding carboxylic acids is 2. The van der Waals surface area contributed by atoms with Gasteiger partial charge in [0.2, 0.25) is 5.91 Å². The summed E-state index contributed by atoms with van der Waals surface area (Å²) in [6.45, 7) is 5.20. The van der Waals surface area contributed by atoms with Crippen LogP contribution in [0.15, 0.2) is 16.9 Å². The van der Waals surface area contributed by atoms with Crippen molar-refractivity contribution < 1.29 is 41.7 Å². The molecule has 1 amide bonds. The smallest absolute Gasteiger partial charge is 0.400 e. The number of aromatic nitrogens is 2. The number of hydrogen-bond acceptors (Lipinski definition) is 7. The van der Waals surface area contributed by atoms with E-state index in [1.807, 2.05) is 0 Å². The zero-order valence-corrected chi connectivity index (χ0v) is 24.7. The number of aryl methyl sites for hydroxylation is 1. The van der Waals surface area contributed by atoms with Gasteiger partial charge in [0.1, 0.15) is 12.5 Å². The zero-order valence-electron chi connectivity index (χ0n) is 24.7. The number of carbonyl (C=O) groups is 2. The van der Waals surface area contributed by atoms with Crippen LogP contribution < -0.4 is 15.6 Å². The molecule has 1 aromatic carbocycles. The van der Waals surface area contributed by atoms with E-state index < -0.39 is 52.4 Å². The Balaban J connectivity index is 1.59. The minimum absolute atomic E-state index is 0.0278. The van der Waals surface area contributed by atoms with Gasteiger partial charge in [-0.3, -0.25) is 9.59 Å². The molecule has 3 aliphatic rings. The second kappa shape index (κ2) is 9.75. The van der Waals surface area contributed by atoms with Crippen molar-refractivity contribution in [3.8, 4) is 17.1 Å². The molecule has 2 aromatic heterocycles. The SMILES string of the molecule is CC[C@@]1(O)C(=O)OCc2c1cc1n(c2=O)Cc2c-1nc1cc(F)c(OC)c3c1c2C(NC(=O)C(C(C)(C)C)C(F)(F)F)CC3. The van der Waals surface area contributed by atoms with Gasteiger partial charge in [-0.2, -0.15) is 13.2 Å². The number of rotatable bonds is 4. The van der Waals surface area contributed by atoms with Crippen molar-refractivity contribution in [1.82, 2.24) is 14.9 Å². The van der Waals surface area contributed by atoms with Gasteiger partial charge in [0.05, 0.1) is 42.2 Å². The number of fused-ring (bicyclic) bond motifs is 5. The first-order valence-corrected chi connectivity index (χ1v) is 14.3. The third-order valence-corrected chi connectivity index (χ3v) is 9.03. The maximum absolute atomic E-state index is 15.2. The Morgan fingerprint density at radius 1 is 1.23 bits per heavy atom. The number of halogens is 4. The number of benzene rings is 1. The number of alkyl halides is 3. The first-order chi connectivity index (χ1) is 20.5. The van der Waals surface area contributed by atoms with E-state index in [1.165, 1.54) is 38.5 Å². The van der Waals surface area contributed by atoms with Crippen LogP contribution >= 0.6 is 0 Å². The summed E-state index contributed by atoms with van der Waals surface area (Å²) in [5.41, 5.74) is -1.85. The van der Waals surface area contributed by atoms with E-state index in [4.69, 9.17) is 14.5 Å². The molecular formula is C31H31F4N3O6. The maximum atomic E-state index is 15.2. The van der Waals surface area contributed by atoms with Gasteiger partial charge in [0.15, 0.2) is 17.2 Å². The third kappa shape index (κ3) is 4.22. The molecule has 9 nitrogen and oxygen atoms in total. The summed E-state index contributed by atoms with van der Waals surface area (Å²) in [5, 5.41) is 14.3. The van der Waals surface area contributed by atoms with E-state index in [9.17, 15) is 32.7 Å². The monoisotopic (exact) mass is 617 g/mol. The molecule has 2 N–H and O–H groups in total. The molecule has 3 aromatic rings. The lowest BCUT2D eigenvalue weighted by molar-refractivity contribution is -0.202. The fourth-order valence-electron chi connectivity index (χ4n) is 7.02. The molecule has 44 heavy (non-hydrogen) atoms. The van der Waals surface area contributed by atoms with Crippen LogP contribution in [0.2, 0.25) is 0 Å². The summed E-state index contributed by atoms with van der Waals surface area (Å²) in [7, 11) is 1.31. The highest BCUT2D eigenvalue weighted by Crippen LogP contribution is 2.48. The number of esters is 1. The fraction of sp³-hybridized carbons (Fsp3) is 0.484. The molecule has 6 rings (SSSR count). The van der Waals surface area contributed by atoms with E-state index in [2.05, 4.69) is 5.32 Å². The second-order valence-electron chi connectivity index (χ2n) is 12.7. The lowest BCUT2D eigenvalue weighted by Gasteiger charge is -2.35.